The quantitative estimate of drug-likeness (QED) is 0.566. The van der Waals surface area contributed by atoms with E-state index in [4.69, 9.17) is 18.9 Å². The third-order valence-corrected chi connectivity index (χ3v) is 4.78. The van der Waals surface area contributed by atoms with Gasteiger partial charge in [-0.25, -0.2) is 0 Å². The second-order valence-electron chi connectivity index (χ2n) is 5.86. The van der Waals surface area contributed by atoms with Gasteiger partial charge in [-0.3, -0.25) is 14.4 Å². The molecule has 1 aromatic rings. The molecule has 5 atom stereocenters. The molecule has 26 heavy (non-hydrogen) atoms. The largest absolute Gasteiger partial charge is 0.456 e. The lowest BCUT2D eigenvalue weighted by Gasteiger charge is -2.43. The summed E-state index contributed by atoms with van der Waals surface area (Å²) in [5.74, 6) is -1.66. The molecule has 0 amide bonds. The maximum absolute atomic E-state index is 11.6. The van der Waals surface area contributed by atoms with Crippen LogP contribution in [0.2, 0.25) is 0 Å². The molecule has 1 fully saturated rings. The average Bonchev–Trinajstić information content (AvgIpc) is 2.54. The molecule has 0 saturated carbocycles. The van der Waals surface area contributed by atoms with Crippen molar-refractivity contribution in [1.82, 2.24) is 0 Å². The highest BCUT2D eigenvalue weighted by molar-refractivity contribution is 7.99. The molecule has 0 radical (unpaired) electrons. The van der Waals surface area contributed by atoms with E-state index in [1.165, 1.54) is 32.5 Å². The van der Waals surface area contributed by atoms with Crippen molar-refractivity contribution >= 4 is 29.7 Å². The Morgan fingerprint density at radius 3 is 1.88 bits per heavy atom. The van der Waals surface area contributed by atoms with E-state index in [0.29, 0.717) is 0 Å². The molecule has 142 valence electrons. The Morgan fingerprint density at radius 2 is 1.35 bits per heavy atom. The summed E-state index contributed by atoms with van der Waals surface area (Å²) < 4.78 is 22.0. The molecule has 2 rings (SSSR count). The smallest absolute Gasteiger partial charge is 0.303 e. The molecule has 1 aliphatic rings. The highest BCUT2D eigenvalue weighted by Crippen LogP contribution is 2.37. The number of esters is 3. The van der Waals surface area contributed by atoms with Crippen LogP contribution in [0.25, 0.3) is 0 Å². The lowest BCUT2D eigenvalue weighted by Crippen LogP contribution is -2.59. The van der Waals surface area contributed by atoms with Crippen molar-refractivity contribution in [2.75, 3.05) is 0 Å². The Balaban J connectivity index is 2.33. The Labute approximate surface area is 156 Å². The first-order chi connectivity index (χ1) is 12.3. The van der Waals surface area contributed by atoms with Gasteiger partial charge in [-0.2, -0.15) is 0 Å². The van der Waals surface area contributed by atoms with Gasteiger partial charge in [-0.1, -0.05) is 30.0 Å². The number of benzene rings is 1. The fraction of sp³-hybridized carbons (Fsp3) is 0.500. The van der Waals surface area contributed by atoms with Crippen molar-refractivity contribution in [2.24, 2.45) is 0 Å². The predicted molar refractivity (Wildman–Crippen MR) is 93.3 cm³/mol. The normalized spacial score (nSPS) is 28.1. The van der Waals surface area contributed by atoms with E-state index in [1.807, 2.05) is 30.3 Å². The second kappa shape index (κ2) is 9.05. The molecular weight excluding hydrogens is 360 g/mol. The number of thioether (sulfide) groups is 1. The molecule has 0 aliphatic carbocycles. The molecule has 1 aromatic carbocycles. The van der Waals surface area contributed by atoms with Crippen LogP contribution in [-0.2, 0) is 33.3 Å². The fourth-order valence-electron chi connectivity index (χ4n) is 2.70. The lowest BCUT2D eigenvalue weighted by molar-refractivity contribution is -0.229. The minimum absolute atomic E-state index is 0.543. The Hall–Kier alpha value is -2.06. The van der Waals surface area contributed by atoms with Crippen molar-refractivity contribution in [3.05, 3.63) is 30.3 Å². The van der Waals surface area contributed by atoms with E-state index in [1.54, 1.807) is 6.92 Å². The Morgan fingerprint density at radius 1 is 0.846 bits per heavy atom. The van der Waals surface area contributed by atoms with Gasteiger partial charge in [0.25, 0.3) is 0 Å². The summed E-state index contributed by atoms with van der Waals surface area (Å²) in [6.45, 7) is 5.47. The van der Waals surface area contributed by atoms with Crippen LogP contribution in [0.5, 0.6) is 0 Å². The van der Waals surface area contributed by atoms with Crippen LogP contribution >= 0.6 is 11.8 Å². The van der Waals surface area contributed by atoms with E-state index in [2.05, 4.69) is 0 Å². The van der Waals surface area contributed by atoms with Gasteiger partial charge in [0.2, 0.25) is 0 Å². The molecule has 8 heteroatoms. The Kier molecular flexibility index (Phi) is 7.05. The number of rotatable bonds is 5. The summed E-state index contributed by atoms with van der Waals surface area (Å²) in [5, 5.41) is 0. The standard InChI is InChI=1S/C18H22O7S/c1-10-15(23-11(2)19)16(24-12(3)20)17(25-13(4)21)18(22-10)26-14-8-6-5-7-9-14/h5-10,15-18H,1-4H3/t10-,15?,16?,17-,18?/m0/s1. The number of carbonyl (C=O) groups is 3. The van der Waals surface area contributed by atoms with Gasteiger partial charge in [-0.05, 0) is 19.1 Å². The summed E-state index contributed by atoms with van der Waals surface area (Å²) in [4.78, 5) is 35.6. The molecule has 0 bridgehead atoms. The predicted octanol–water partition coefficient (Wildman–Crippen LogP) is 2.32. The summed E-state index contributed by atoms with van der Waals surface area (Å²) >= 11 is 1.34. The maximum atomic E-state index is 11.6. The monoisotopic (exact) mass is 382 g/mol. The highest BCUT2D eigenvalue weighted by atomic mass is 32.2. The third kappa shape index (κ3) is 5.47. The van der Waals surface area contributed by atoms with Crippen LogP contribution in [-0.4, -0.2) is 47.8 Å². The first-order valence-electron chi connectivity index (χ1n) is 8.16. The lowest BCUT2D eigenvalue weighted by atomic mass is 10.00. The average molecular weight is 382 g/mol. The number of ether oxygens (including phenoxy) is 4. The zero-order chi connectivity index (χ0) is 19.3. The highest BCUT2D eigenvalue weighted by Gasteiger charge is 2.50. The van der Waals surface area contributed by atoms with Crippen LogP contribution in [0.3, 0.4) is 0 Å². The molecule has 3 unspecified atom stereocenters. The van der Waals surface area contributed by atoms with Crippen molar-refractivity contribution in [3.63, 3.8) is 0 Å². The van der Waals surface area contributed by atoms with Crippen LogP contribution in [0.15, 0.2) is 35.2 Å². The number of carbonyl (C=O) groups excluding carboxylic acids is 3. The molecule has 1 saturated heterocycles. The van der Waals surface area contributed by atoms with Crippen LogP contribution < -0.4 is 0 Å². The summed E-state index contributed by atoms with van der Waals surface area (Å²) in [6.07, 6.45) is -3.34. The molecule has 0 spiro atoms. The third-order valence-electron chi connectivity index (χ3n) is 3.63. The maximum Gasteiger partial charge on any atom is 0.303 e. The van der Waals surface area contributed by atoms with Gasteiger partial charge >= 0.3 is 17.9 Å². The zero-order valence-electron chi connectivity index (χ0n) is 15.0. The number of hydrogen-bond acceptors (Lipinski definition) is 8. The molecule has 0 N–H and O–H groups in total. The number of hydrogen-bond donors (Lipinski definition) is 0. The molecule has 7 nitrogen and oxygen atoms in total. The van der Waals surface area contributed by atoms with Gasteiger partial charge < -0.3 is 18.9 Å². The summed E-state index contributed by atoms with van der Waals surface area (Å²) in [5.41, 5.74) is -0.632. The van der Waals surface area contributed by atoms with E-state index in [9.17, 15) is 14.4 Å². The minimum Gasteiger partial charge on any atom is -0.456 e. The van der Waals surface area contributed by atoms with Crippen molar-refractivity contribution in [2.45, 2.75) is 62.4 Å². The second-order valence-corrected chi connectivity index (χ2v) is 7.03. The van der Waals surface area contributed by atoms with Crippen molar-refractivity contribution in [3.8, 4) is 0 Å². The van der Waals surface area contributed by atoms with Crippen LogP contribution in [0.4, 0.5) is 0 Å². The van der Waals surface area contributed by atoms with E-state index < -0.39 is 47.8 Å². The topological polar surface area (TPSA) is 88.1 Å². The zero-order valence-corrected chi connectivity index (χ0v) is 15.9. The van der Waals surface area contributed by atoms with Gasteiger partial charge in [0.05, 0.1) is 6.10 Å². The first-order valence-corrected chi connectivity index (χ1v) is 9.04. The van der Waals surface area contributed by atoms with Gasteiger partial charge in [-0.15, -0.1) is 0 Å². The van der Waals surface area contributed by atoms with Crippen LogP contribution in [0, 0.1) is 0 Å². The Bertz CT molecular complexity index is 648. The molecular formula is C18H22O7S. The van der Waals surface area contributed by atoms with E-state index in [0.717, 1.165) is 4.90 Å². The van der Waals surface area contributed by atoms with Crippen molar-refractivity contribution in [1.29, 1.82) is 0 Å². The SMILES string of the molecule is CC(=O)OC1C(OC(C)=O)[C@H](C)OC(Sc2ccccc2)[C@H]1OC(C)=O. The van der Waals surface area contributed by atoms with E-state index >= 15 is 0 Å². The summed E-state index contributed by atoms with van der Waals surface area (Å²) in [6, 6.07) is 9.42. The first kappa shape index (κ1) is 20.3. The molecule has 0 aromatic heterocycles. The molecule has 1 heterocycles. The van der Waals surface area contributed by atoms with Gasteiger partial charge in [0, 0.05) is 25.7 Å². The van der Waals surface area contributed by atoms with Gasteiger partial charge in [0.1, 0.15) is 5.44 Å². The van der Waals surface area contributed by atoms with Crippen molar-refractivity contribution < 1.29 is 33.3 Å². The van der Waals surface area contributed by atoms with E-state index in [-0.39, 0.29) is 0 Å². The summed E-state index contributed by atoms with van der Waals surface area (Å²) in [7, 11) is 0. The minimum atomic E-state index is -0.967. The van der Waals surface area contributed by atoms with Crippen LogP contribution in [0.1, 0.15) is 27.7 Å². The van der Waals surface area contributed by atoms with Gasteiger partial charge in [0.15, 0.2) is 18.3 Å². The molecule has 1 aliphatic heterocycles. The fourth-order valence-corrected chi connectivity index (χ4v) is 3.86.